The van der Waals surface area contributed by atoms with E-state index in [1.807, 2.05) is 6.92 Å². The number of Topliss-reactive ketones (excluding diaryl/α,β-unsaturated/α-hetero) is 1. The number of ether oxygens (including phenoxy) is 1. The van der Waals surface area contributed by atoms with Crippen molar-refractivity contribution >= 4 is 11.8 Å². The number of hydrogen-bond acceptors (Lipinski definition) is 3. The largest absolute Gasteiger partial charge is 0.468 e. The van der Waals surface area contributed by atoms with E-state index in [4.69, 9.17) is 0 Å². The van der Waals surface area contributed by atoms with Gasteiger partial charge in [-0.15, -0.1) is 0 Å². The van der Waals surface area contributed by atoms with Crippen LogP contribution in [-0.2, 0) is 14.3 Å². The van der Waals surface area contributed by atoms with Crippen LogP contribution in [0, 0.1) is 11.8 Å². The first-order chi connectivity index (χ1) is 5.70. The molecule has 2 atom stereocenters. The Hall–Kier alpha value is -0.860. The van der Waals surface area contributed by atoms with E-state index in [0.29, 0.717) is 6.42 Å². The van der Waals surface area contributed by atoms with Crippen LogP contribution in [0.2, 0.25) is 0 Å². The highest BCUT2D eigenvalue weighted by atomic mass is 16.5. The van der Waals surface area contributed by atoms with E-state index in [9.17, 15) is 9.59 Å². The summed E-state index contributed by atoms with van der Waals surface area (Å²) in [6.07, 6.45) is 2.26. The van der Waals surface area contributed by atoms with Crippen LogP contribution in [-0.4, -0.2) is 18.9 Å². The lowest BCUT2D eigenvalue weighted by Crippen LogP contribution is -2.25. The first-order valence-corrected chi connectivity index (χ1v) is 4.31. The van der Waals surface area contributed by atoms with E-state index in [0.717, 1.165) is 12.8 Å². The molecule has 1 aliphatic rings. The van der Waals surface area contributed by atoms with Crippen LogP contribution >= 0.6 is 0 Å². The third kappa shape index (κ3) is 1.49. The van der Waals surface area contributed by atoms with Gasteiger partial charge in [-0.25, -0.2) is 0 Å². The second-order valence-electron chi connectivity index (χ2n) is 3.17. The zero-order valence-electron chi connectivity index (χ0n) is 7.50. The third-order valence-electron chi connectivity index (χ3n) is 2.56. The maximum Gasteiger partial charge on any atom is 0.316 e. The number of methoxy groups -OCH3 is 1. The summed E-state index contributed by atoms with van der Waals surface area (Å²) in [5.41, 5.74) is 0. The summed E-state index contributed by atoms with van der Waals surface area (Å²) < 4.78 is 4.58. The van der Waals surface area contributed by atoms with Gasteiger partial charge in [0.1, 0.15) is 11.7 Å². The Labute approximate surface area is 72.1 Å². The van der Waals surface area contributed by atoms with E-state index in [2.05, 4.69) is 4.74 Å². The van der Waals surface area contributed by atoms with Gasteiger partial charge in [-0.1, -0.05) is 13.3 Å². The molecule has 0 aromatic rings. The quantitative estimate of drug-likeness (QED) is 0.461. The fourth-order valence-corrected chi connectivity index (χ4v) is 1.80. The maximum atomic E-state index is 11.2. The molecule has 0 aromatic heterocycles. The fraction of sp³-hybridized carbons (Fsp3) is 0.778. The van der Waals surface area contributed by atoms with Gasteiger partial charge in [-0.3, -0.25) is 9.59 Å². The predicted molar refractivity (Wildman–Crippen MR) is 43.5 cm³/mol. The molecule has 0 saturated heterocycles. The van der Waals surface area contributed by atoms with Crippen LogP contribution in [0.1, 0.15) is 26.2 Å². The van der Waals surface area contributed by atoms with Crippen molar-refractivity contribution < 1.29 is 14.3 Å². The summed E-state index contributed by atoms with van der Waals surface area (Å²) in [5.74, 6) is -0.567. The number of esters is 1. The molecule has 68 valence electrons. The van der Waals surface area contributed by atoms with Crippen molar-refractivity contribution in [2.75, 3.05) is 7.11 Å². The van der Waals surface area contributed by atoms with Gasteiger partial charge in [0.2, 0.25) is 0 Å². The Balaban J connectivity index is 2.70. The molecule has 0 radical (unpaired) electrons. The summed E-state index contributed by atoms with van der Waals surface area (Å²) in [5, 5.41) is 0. The number of carbonyl (C=O) groups is 2. The first-order valence-electron chi connectivity index (χ1n) is 4.31. The molecule has 0 heterocycles. The summed E-state index contributed by atoms with van der Waals surface area (Å²) in [6, 6.07) is 0. The second-order valence-corrected chi connectivity index (χ2v) is 3.17. The minimum atomic E-state index is -0.472. The van der Waals surface area contributed by atoms with Crippen LogP contribution in [0.15, 0.2) is 0 Å². The van der Waals surface area contributed by atoms with E-state index in [1.165, 1.54) is 7.11 Å². The highest BCUT2D eigenvalue weighted by molar-refractivity contribution is 6.00. The summed E-state index contributed by atoms with van der Waals surface area (Å²) in [4.78, 5) is 22.4. The Morgan fingerprint density at radius 1 is 1.67 bits per heavy atom. The van der Waals surface area contributed by atoms with Gasteiger partial charge in [-0.05, 0) is 12.3 Å². The topological polar surface area (TPSA) is 43.4 Å². The van der Waals surface area contributed by atoms with Crippen molar-refractivity contribution in [2.45, 2.75) is 26.2 Å². The summed E-state index contributed by atoms with van der Waals surface area (Å²) in [6.45, 7) is 2.00. The zero-order chi connectivity index (χ0) is 9.14. The predicted octanol–water partition coefficient (Wildman–Crippen LogP) is 1.16. The third-order valence-corrected chi connectivity index (χ3v) is 2.56. The van der Waals surface area contributed by atoms with Crippen molar-refractivity contribution in [1.82, 2.24) is 0 Å². The molecule has 0 aliphatic heterocycles. The standard InChI is InChI=1S/C9H14O3/c1-3-6-4-5-7(10)8(6)9(11)12-2/h6,8H,3-5H2,1-2H3. The average Bonchev–Trinajstić information content (AvgIpc) is 2.45. The van der Waals surface area contributed by atoms with Gasteiger partial charge in [0, 0.05) is 6.42 Å². The average molecular weight is 170 g/mol. The van der Waals surface area contributed by atoms with Crippen molar-refractivity contribution in [1.29, 1.82) is 0 Å². The molecule has 0 aromatic carbocycles. The van der Waals surface area contributed by atoms with Crippen molar-refractivity contribution in [3.8, 4) is 0 Å². The minimum absolute atomic E-state index is 0.0497. The van der Waals surface area contributed by atoms with Gasteiger partial charge < -0.3 is 4.74 Å². The molecule has 0 N–H and O–H groups in total. The fourth-order valence-electron chi connectivity index (χ4n) is 1.80. The van der Waals surface area contributed by atoms with Crippen molar-refractivity contribution in [2.24, 2.45) is 11.8 Å². The number of rotatable bonds is 2. The van der Waals surface area contributed by atoms with E-state index in [1.54, 1.807) is 0 Å². The van der Waals surface area contributed by atoms with Gasteiger partial charge in [0.15, 0.2) is 0 Å². The molecule has 0 amide bonds. The van der Waals surface area contributed by atoms with Gasteiger partial charge in [0.25, 0.3) is 0 Å². The lowest BCUT2D eigenvalue weighted by molar-refractivity contribution is -0.149. The number of carbonyl (C=O) groups excluding carboxylic acids is 2. The lowest BCUT2D eigenvalue weighted by Gasteiger charge is -2.13. The van der Waals surface area contributed by atoms with E-state index in [-0.39, 0.29) is 17.7 Å². The van der Waals surface area contributed by atoms with Gasteiger partial charge in [-0.2, -0.15) is 0 Å². The van der Waals surface area contributed by atoms with E-state index >= 15 is 0 Å². The molecule has 1 fully saturated rings. The van der Waals surface area contributed by atoms with Crippen LogP contribution in [0.3, 0.4) is 0 Å². The second kappa shape index (κ2) is 3.70. The molecule has 1 rings (SSSR count). The first kappa shape index (κ1) is 9.23. The Bertz CT molecular complexity index is 198. The lowest BCUT2D eigenvalue weighted by atomic mass is 9.93. The van der Waals surface area contributed by atoms with Crippen molar-refractivity contribution in [3.05, 3.63) is 0 Å². The van der Waals surface area contributed by atoms with Crippen LogP contribution in [0.4, 0.5) is 0 Å². The molecule has 3 heteroatoms. The number of ketones is 1. The normalized spacial score (nSPS) is 29.0. The van der Waals surface area contributed by atoms with Gasteiger partial charge in [0.05, 0.1) is 7.11 Å². The molecule has 0 spiro atoms. The zero-order valence-corrected chi connectivity index (χ0v) is 7.50. The van der Waals surface area contributed by atoms with Gasteiger partial charge >= 0.3 is 5.97 Å². The Morgan fingerprint density at radius 2 is 2.33 bits per heavy atom. The molecule has 1 saturated carbocycles. The molecular formula is C9H14O3. The highest BCUT2D eigenvalue weighted by Gasteiger charge is 2.39. The van der Waals surface area contributed by atoms with Crippen LogP contribution in [0.25, 0.3) is 0 Å². The Kier molecular flexibility index (Phi) is 2.84. The molecule has 12 heavy (non-hydrogen) atoms. The molecule has 3 nitrogen and oxygen atoms in total. The van der Waals surface area contributed by atoms with E-state index < -0.39 is 5.92 Å². The molecule has 1 aliphatic carbocycles. The smallest absolute Gasteiger partial charge is 0.316 e. The van der Waals surface area contributed by atoms with Crippen molar-refractivity contribution in [3.63, 3.8) is 0 Å². The van der Waals surface area contributed by atoms with Crippen LogP contribution in [0.5, 0.6) is 0 Å². The number of hydrogen-bond donors (Lipinski definition) is 0. The monoisotopic (exact) mass is 170 g/mol. The molecular weight excluding hydrogens is 156 g/mol. The summed E-state index contributed by atoms with van der Waals surface area (Å²) in [7, 11) is 1.33. The van der Waals surface area contributed by atoms with Crippen LogP contribution < -0.4 is 0 Å². The summed E-state index contributed by atoms with van der Waals surface area (Å²) >= 11 is 0. The molecule has 0 bridgehead atoms. The Morgan fingerprint density at radius 3 is 2.83 bits per heavy atom. The maximum absolute atomic E-state index is 11.2. The minimum Gasteiger partial charge on any atom is -0.468 e. The molecule has 2 unspecified atom stereocenters. The SMILES string of the molecule is CCC1CCC(=O)C1C(=O)OC. The highest BCUT2D eigenvalue weighted by Crippen LogP contribution is 2.31.